The average Bonchev–Trinajstić information content (AvgIpc) is 2.99. The van der Waals surface area contributed by atoms with Gasteiger partial charge in [-0.15, -0.1) is 0 Å². The smallest absolute Gasteiger partial charge is 0.396 e. The summed E-state index contributed by atoms with van der Waals surface area (Å²) in [5.41, 5.74) is 4.19. The summed E-state index contributed by atoms with van der Waals surface area (Å²) in [4.78, 5) is 12.1. The van der Waals surface area contributed by atoms with Crippen LogP contribution in [0.15, 0.2) is 47.4 Å². The molecular formula is C21H19F4N3O4S. The number of rotatable bonds is 6. The molecule has 0 radical (unpaired) electrons. The molecule has 0 aliphatic rings. The van der Waals surface area contributed by atoms with Crippen LogP contribution in [0.3, 0.4) is 0 Å². The number of halogens is 4. The number of nitrogens with zero attached hydrogens (tertiary/aromatic N) is 1. The zero-order chi connectivity index (χ0) is 24.7. The lowest BCUT2D eigenvalue weighted by Crippen LogP contribution is -2.15. The fourth-order valence-electron chi connectivity index (χ4n) is 3.77. The van der Waals surface area contributed by atoms with Crippen molar-refractivity contribution in [1.29, 1.82) is 0 Å². The van der Waals surface area contributed by atoms with Crippen molar-refractivity contribution in [3.8, 4) is 16.8 Å². The topological polar surface area (TPSA) is 128 Å². The van der Waals surface area contributed by atoms with Crippen LogP contribution < -0.4 is 10.9 Å². The Bertz CT molecular complexity index is 1330. The summed E-state index contributed by atoms with van der Waals surface area (Å²) in [6.45, 7) is 0.874. The summed E-state index contributed by atoms with van der Waals surface area (Å²) in [5, 5.41) is 14.7. The van der Waals surface area contributed by atoms with E-state index in [0.717, 1.165) is 16.7 Å². The standard InChI is InChI=1S/C21H19F4N3O4S/c1-11-18(20(26)30)19(12-2-5-14(6-3-12)33(27,31)32)17(8-9-29)28(11)16-7-4-13(22)10-15(16)21(23,24)25/h2-7,10,29H,8-9H2,1H3,(H2,26,30)(H2,27,31,32). The Labute approximate surface area is 186 Å². The highest BCUT2D eigenvalue weighted by Gasteiger charge is 2.36. The highest BCUT2D eigenvalue weighted by atomic mass is 32.2. The monoisotopic (exact) mass is 485 g/mol. The first-order chi connectivity index (χ1) is 15.3. The maximum atomic E-state index is 13.7. The lowest BCUT2D eigenvalue weighted by molar-refractivity contribution is -0.137. The molecule has 0 bridgehead atoms. The van der Waals surface area contributed by atoms with Crippen LogP contribution in [0.2, 0.25) is 0 Å². The molecule has 1 aromatic heterocycles. The van der Waals surface area contributed by atoms with Gasteiger partial charge in [0.2, 0.25) is 10.0 Å². The molecule has 7 nitrogen and oxygen atoms in total. The number of alkyl halides is 3. The number of carbonyl (C=O) groups excluding carboxylic acids is 1. The molecule has 0 fully saturated rings. The molecule has 1 amide bonds. The molecule has 0 aliphatic heterocycles. The van der Waals surface area contributed by atoms with Gasteiger partial charge in [0.25, 0.3) is 5.91 Å². The summed E-state index contributed by atoms with van der Waals surface area (Å²) in [7, 11) is -4.02. The Kier molecular flexibility index (Phi) is 6.37. The number of benzene rings is 2. The van der Waals surface area contributed by atoms with E-state index in [2.05, 4.69) is 0 Å². The van der Waals surface area contributed by atoms with Crippen LogP contribution >= 0.6 is 0 Å². The third-order valence-electron chi connectivity index (χ3n) is 5.08. The van der Waals surface area contributed by atoms with E-state index < -0.39 is 45.8 Å². The predicted molar refractivity (Wildman–Crippen MR) is 112 cm³/mol. The molecule has 176 valence electrons. The third kappa shape index (κ3) is 4.63. The number of carbonyl (C=O) groups is 1. The van der Waals surface area contributed by atoms with Gasteiger partial charge < -0.3 is 15.4 Å². The Morgan fingerprint density at radius 1 is 1.12 bits per heavy atom. The van der Waals surface area contributed by atoms with Gasteiger partial charge in [-0.2, -0.15) is 13.2 Å². The van der Waals surface area contributed by atoms with Gasteiger partial charge in [-0.05, 0) is 42.8 Å². The number of amides is 1. The number of sulfonamides is 1. The van der Waals surface area contributed by atoms with Crippen LogP contribution in [0, 0.1) is 12.7 Å². The van der Waals surface area contributed by atoms with E-state index in [1.807, 2.05) is 0 Å². The number of aliphatic hydroxyl groups excluding tert-OH is 1. The van der Waals surface area contributed by atoms with Crippen LogP contribution in [-0.2, 0) is 22.6 Å². The van der Waals surface area contributed by atoms with Crippen molar-refractivity contribution in [3.63, 3.8) is 0 Å². The first-order valence-corrected chi connectivity index (χ1v) is 11.0. The van der Waals surface area contributed by atoms with Gasteiger partial charge in [0.1, 0.15) is 5.82 Å². The van der Waals surface area contributed by atoms with Gasteiger partial charge in [-0.1, -0.05) is 12.1 Å². The molecule has 12 heteroatoms. The number of aromatic nitrogens is 1. The van der Waals surface area contributed by atoms with Crippen LogP contribution in [0.4, 0.5) is 17.6 Å². The second kappa shape index (κ2) is 8.61. The van der Waals surface area contributed by atoms with Crippen molar-refractivity contribution in [2.75, 3.05) is 6.61 Å². The number of aliphatic hydroxyl groups is 1. The minimum atomic E-state index is -4.92. The zero-order valence-electron chi connectivity index (χ0n) is 17.1. The highest BCUT2D eigenvalue weighted by Crippen LogP contribution is 2.40. The van der Waals surface area contributed by atoms with E-state index in [4.69, 9.17) is 10.9 Å². The second-order valence-corrected chi connectivity index (χ2v) is 8.75. The average molecular weight is 485 g/mol. The maximum absolute atomic E-state index is 13.7. The molecule has 0 aliphatic carbocycles. The van der Waals surface area contributed by atoms with E-state index in [9.17, 15) is 35.9 Å². The Morgan fingerprint density at radius 2 is 1.73 bits per heavy atom. The molecule has 0 atom stereocenters. The molecular weight excluding hydrogens is 466 g/mol. The number of nitrogens with two attached hydrogens (primary N) is 2. The van der Waals surface area contributed by atoms with Gasteiger partial charge >= 0.3 is 6.18 Å². The van der Waals surface area contributed by atoms with Crippen molar-refractivity contribution in [2.45, 2.75) is 24.4 Å². The lowest BCUT2D eigenvalue weighted by Gasteiger charge is -2.18. The normalized spacial score (nSPS) is 12.2. The van der Waals surface area contributed by atoms with Gasteiger partial charge in [0.15, 0.2) is 0 Å². The SMILES string of the molecule is Cc1c(C(N)=O)c(-c2ccc(S(N)(=O)=O)cc2)c(CCO)n1-c1ccc(F)cc1C(F)(F)F. The maximum Gasteiger partial charge on any atom is 0.418 e. The number of primary amides is 1. The van der Waals surface area contributed by atoms with E-state index in [1.54, 1.807) is 0 Å². The number of hydrogen-bond donors (Lipinski definition) is 3. The predicted octanol–water partition coefficient (Wildman–Crippen LogP) is 2.89. The van der Waals surface area contributed by atoms with Crippen molar-refractivity contribution in [2.24, 2.45) is 10.9 Å². The summed E-state index contributed by atoms with van der Waals surface area (Å²) in [5.74, 6) is -2.06. The fraction of sp³-hybridized carbons (Fsp3) is 0.190. The molecule has 33 heavy (non-hydrogen) atoms. The Morgan fingerprint density at radius 3 is 2.21 bits per heavy atom. The van der Waals surface area contributed by atoms with E-state index >= 15 is 0 Å². The van der Waals surface area contributed by atoms with Crippen LogP contribution in [0.5, 0.6) is 0 Å². The fourth-order valence-corrected chi connectivity index (χ4v) is 4.29. The largest absolute Gasteiger partial charge is 0.418 e. The first-order valence-electron chi connectivity index (χ1n) is 9.42. The van der Waals surface area contributed by atoms with Crippen LogP contribution in [0.1, 0.15) is 27.3 Å². The Balaban J connectivity index is 2.42. The lowest BCUT2D eigenvalue weighted by atomic mass is 9.98. The summed E-state index contributed by atoms with van der Waals surface area (Å²) in [6.07, 6.45) is -5.11. The van der Waals surface area contributed by atoms with Crippen molar-refractivity contribution in [1.82, 2.24) is 4.57 Å². The van der Waals surface area contributed by atoms with Crippen LogP contribution in [0.25, 0.3) is 16.8 Å². The van der Waals surface area contributed by atoms with Crippen molar-refractivity contribution < 1.29 is 35.9 Å². The Hall–Kier alpha value is -3.22. The molecule has 3 rings (SSSR count). The van der Waals surface area contributed by atoms with Crippen molar-refractivity contribution in [3.05, 3.63) is 70.8 Å². The van der Waals surface area contributed by atoms with E-state index in [1.165, 1.54) is 31.2 Å². The summed E-state index contributed by atoms with van der Waals surface area (Å²) >= 11 is 0. The van der Waals surface area contributed by atoms with Crippen molar-refractivity contribution >= 4 is 15.9 Å². The molecule has 5 N–H and O–H groups in total. The van der Waals surface area contributed by atoms with Gasteiger partial charge in [0, 0.05) is 30.0 Å². The van der Waals surface area contributed by atoms with E-state index in [0.29, 0.717) is 6.07 Å². The van der Waals surface area contributed by atoms with Gasteiger partial charge in [-0.25, -0.2) is 17.9 Å². The van der Waals surface area contributed by atoms with E-state index in [-0.39, 0.29) is 39.4 Å². The first kappa shape index (κ1) is 24.4. The minimum Gasteiger partial charge on any atom is -0.396 e. The highest BCUT2D eigenvalue weighted by molar-refractivity contribution is 7.89. The zero-order valence-corrected chi connectivity index (χ0v) is 18.0. The molecule has 0 saturated heterocycles. The molecule has 0 unspecified atom stereocenters. The minimum absolute atomic E-state index is 0.0357. The molecule has 0 spiro atoms. The molecule has 0 saturated carbocycles. The molecule has 1 heterocycles. The quantitative estimate of drug-likeness (QED) is 0.464. The summed E-state index contributed by atoms with van der Waals surface area (Å²) in [6, 6.07) is 7.08. The molecule has 2 aromatic carbocycles. The van der Waals surface area contributed by atoms with Gasteiger partial charge in [-0.3, -0.25) is 4.79 Å². The van der Waals surface area contributed by atoms with Gasteiger partial charge in [0.05, 0.1) is 21.7 Å². The number of primary sulfonamides is 1. The molecule has 3 aromatic rings. The summed E-state index contributed by atoms with van der Waals surface area (Å²) < 4.78 is 79.0. The number of hydrogen-bond acceptors (Lipinski definition) is 4. The second-order valence-electron chi connectivity index (χ2n) is 7.18. The third-order valence-corrected chi connectivity index (χ3v) is 6.01. The van der Waals surface area contributed by atoms with Crippen LogP contribution in [-0.4, -0.2) is 30.6 Å².